The van der Waals surface area contributed by atoms with Crippen molar-refractivity contribution in [1.82, 2.24) is 14.4 Å². The van der Waals surface area contributed by atoms with E-state index in [0.29, 0.717) is 0 Å². The van der Waals surface area contributed by atoms with Crippen LogP contribution < -0.4 is 0 Å². The predicted octanol–water partition coefficient (Wildman–Crippen LogP) is 11.7. The first-order valence-corrected chi connectivity index (χ1v) is 16.4. The number of rotatable bonds is 2. The van der Waals surface area contributed by atoms with Crippen LogP contribution >= 0.6 is 0 Å². The summed E-state index contributed by atoms with van der Waals surface area (Å²) in [6, 6.07) is 48.4. The van der Waals surface area contributed by atoms with E-state index < -0.39 is 0 Å². The van der Waals surface area contributed by atoms with Crippen molar-refractivity contribution >= 4 is 70.7 Å². The van der Waals surface area contributed by atoms with E-state index in [-0.39, 0.29) is 5.41 Å². The van der Waals surface area contributed by atoms with Gasteiger partial charge in [-0.05, 0) is 40.1 Å². The highest BCUT2D eigenvalue weighted by Crippen LogP contribution is 2.41. The van der Waals surface area contributed by atoms with E-state index in [4.69, 9.17) is 9.97 Å². The molecule has 0 aliphatic heterocycles. The molecule has 47 heavy (non-hydrogen) atoms. The lowest BCUT2D eigenvalue weighted by molar-refractivity contribution is 0.571. The molecule has 0 amide bonds. The van der Waals surface area contributed by atoms with Crippen LogP contribution in [-0.4, -0.2) is 14.4 Å². The van der Waals surface area contributed by atoms with E-state index in [1.165, 1.54) is 60.0 Å². The molecule has 10 rings (SSSR count). The molecule has 3 heteroatoms. The molecule has 3 nitrogen and oxygen atoms in total. The lowest BCUT2D eigenvalue weighted by atomic mass is 9.87. The fourth-order valence-electron chi connectivity index (χ4n) is 7.82. The van der Waals surface area contributed by atoms with Crippen molar-refractivity contribution in [2.45, 2.75) is 26.2 Å². The number of hydrogen-bond acceptors (Lipinski definition) is 2. The second-order valence-corrected chi connectivity index (χ2v) is 13.8. The summed E-state index contributed by atoms with van der Waals surface area (Å²) in [4.78, 5) is 10.8. The van der Waals surface area contributed by atoms with Crippen LogP contribution in [0.3, 0.4) is 0 Å². The van der Waals surface area contributed by atoms with Crippen molar-refractivity contribution in [3.63, 3.8) is 0 Å². The zero-order chi connectivity index (χ0) is 31.4. The molecule has 0 unspecified atom stereocenters. The number of nitrogens with zero attached hydrogens (tertiary/aromatic N) is 3. The Morgan fingerprint density at radius 1 is 0.426 bits per heavy atom. The van der Waals surface area contributed by atoms with Gasteiger partial charge in [0.15, 0.2) is 0 Å². The van der Waals surface area contributed by atoms with Crippen LogP contribution in [0.25, 0.3) is 93.1 Å². The molecule has 3 heterocycles. The minimum Gasteiger partial charge on any atom is -0.308 e. The summed E-state index contributed by atoms with van der Waals surface area (Å²) in [5, 5.41) is 9.91. The summed E-state index contributed by atoms with van der Waals surface area (Å²) in [6.45, 7) is 6.69. The van der Waals surface area contributed by atoms with Gasteiger partial charge >= 0.3 is 0 Å². The molecule has 0 radical (unpaired) electrons. The Morgan fingerprint density at radius 3 is 1.62 bits per heavy atom. The van der Waals surface area contributed by atoms with Crippen LogP contribution in [-0.2, 0) is 5.41 Å². The van der Waals surface area contributed by atoms with Crippen LogP contribution in [0, 0.1) is 0 Å². The number of benzene rings is 7. The second kappa shape index (κ2) is 9.37. The summed E-state index contributed by atoms with van der Waals surface area (Å²) in [5.74, 6) is 0. The first kappa shape index (κ1) is 26.4. The standard InChI is InChI=1S/C44H31N3/c1-44(2,3)43-39(45-40-32-14-6-4-11-29(32)30-12-5-7-15-33(30)41(40)46-43)27-21-19-26(20-22-27)28-23-24-38-36(25-28)35-17-10-16-34-31-13-8-9-18-37(31)47(38)42(34)35/h4-25H,1-3H3. The maximum atomic E-state index is 5.44. The van der Waals surface area contributed by atoms with E-state index in [9.17, 15) is 0 Å². The maximum absolute atomic E-state index is 5.44. The fourth-order valence-corrected chi connectivity index (χ4v) is 7.82. The Labute approximate surface area is 272 Å². The van der Waals surface area contributed by atoms with Crippen molar-refractivity contribution in [3.8, 4) is 22.4 Å². The van der Waals surface area contributed by atoms with E-state index in [0.717, 1.165) is 38.8 Å². The summed E-state index contributed by atoms with van der Waals surface area (Å²) in [7, 11) is 0. The van der Waals surface area contributed by atoms with Gasteiger partial charge in [-0.25, -0.2) is 9.97 Å². The molecule has 0 aliphatic rings. The molecule has 222 valence electrons. The molecule has 7 aromatic carbocycles. The Bertz CT molecular complexity index is 2870. The maximum Gasteiger partial charge on any atom is 0.0979 e. The minimum atomic E-state index is -0.191. The molecule has 0 bridgehead atoms. The largest absolute Gasteiger partial charge is 0.308 e. The van der Waals surface area contributed by atoms with Gasteiger partial charge in [-0.3, -0.25) is 0 Å². The lowest BCUT2D eigenvalue weighted by Gasteiger charge is -2.23. The summed E-state index contributed by atoms with van der Waals surface area (Å²) >= 11 is 0. The van der Waals surface area contributed by atoms with Crippen molar-refractivity contribution in [2.24, 2.45) is 0 Å². The SMILES string of the molecule is CC(C)(C)c1nc2c3ccccc3c3ccccc3c2nc1-c1ccc(-c2ccc3c(c2)c2cccc4c5ccccc5n3c42)cc1. The van der Waals surface area contributed by atoms with E-state index in [1.54, 1.807) is 0 Å². The van der Waals surface area contributed by atoms with Crippen molar-refractivity contribution in [1.29, 1.82) is 0 Å². The highest BCUT2D eigenvalue weighted by molar-refractivity contribution is 6.24. The highest BCUT2D eigenvalue weighted by Gasteiger charge is 2.25. The van der Waals surface area contributed by atoms with Crippen LogP contribution in [0.2, 0.25) is 0 Å². The van der Waals surface area contributed by atoms with Gasteiger partial charge in [0.1, 0.15) is 0 Å². The van der Waals surface area contributed by atoms with Crippen LogP contribution in [0.15, 0.2) is 133 Å². The molecule has 10 aromatic rings. The highest BCUT2D eigenvalue weighted by atomic mass is 14.9. The molecular weight excluding hydrogens is 571 g/mol. The Hall–Kier alpha value is -5.80. The normalized spacial score (nSPS) is 12.6. The molecule has 0 aliphatic carbocycles. The smallest absolute Gasteiger partial charge is 0.0979 e. The number of aromatic nitrogens is 3. The first-order chi connectivity index (χ1) is 23.0. The van der Waals surface area contributed by atoms with Gasteiger partial charge in [0.2, 0.25) is 0 Å². The number of hydrogen-bond donors (Lipinski definition) is 0. The van der Waals surface area contributed by atoms with Gasteiger partial charge in [0, 0.05) is 43.3 Å². The molecule has 0 saturated carbocycles. The predicted molar refractivity (Wildman–Crippen MR) is 199 cm³/mol. The summed E-state index contributed by atoms with van der Waals surface area (Å²) < 4.78 is 2.43. The van der Waals surface area contributed by atoms with Crippen LogP contribution in [0.1, 0.15) is 26.5 Å². The quantitative estimate of drug-likeness (QED) is 0.185. The molecule has 0 N–H and O–H groups in total. The van der Waals surface area contributed by atoms with Crippen LogP contribution in [0.5, 0.6) is 0 Å². The van der Waals surface area contributed by atoms with E-state index >= 15 is 0 Å². The third-order valence-electron chi connectivity index (χ3n) is 9.97. The lowest BCUT2D eigenvalue weighted by Crippen LogP contribution is -2.16. The van der Waals surface area contributed by atoms with Gasteiger partial charge < -0.3 is 4.40 Å². The Kier molecular flexibility index (Phi) is 5.27. The van der Waals surface area contributed by atoms with Crippen molar-refractivity contribution < 1.29 is 0 Å². The molecule has 3 aromatic heterocycles. The topological polar surface area (TPSA) is 30.2 Å². The molecule has 0 atom stereocenters. The van der Waals surface area contributed by atoms with Gasteiger partial charge in [0.05, 0.1) is 39.0 Å². The number of para-hydroxylation sites is 2. The van der Waals surface area contributed by atoms with Gasteiger partial charge in [-0.1, -0.05) is 136 Å². The molecule has 0 fully saturated rings. The zero-order valence-electron chi connectivity index (χ0n) is 26.5. The molecule has 0 spiro atoms. The second-order valence-electron chi connectivity index (χ2n) is 13.8. The third kappa shape index (κ3) is 3.68. The fraction of sp³-hybridized carbons (Fsp3) is 0.0909. The third-order valence-corrected chi connectivity index (χ3v) is 9.97. The Morgan fingerprint density at radius 2 is 0.936 bits per heavy atom. The van der Waals surface area contributed by atoms with Gasteiger partial charge in [-0.15, -0.1) is 0 Å². The van der Waals surface area contributed by atoms with Crippen LogP contribution in [0.4, 0.5) is 0 Å². The van der Waals surface area contributed by atoms with Gasteiger partial charge in [-0.2, -0.15) is 0 Å². The summed E-state index contributed by atoms with van der Waals surface area (Å²) in [6.07, 6.45) is 0. The summed E-state index contributed by atoms with van der Waals surface area (Å²) in [5.41, 5.74) is 11.0. The van der Waals surface area contributed by atoms with Gasteiger partial charge in [0.25, 0.3) is 0 Å². The average molecular weight is 602 g/mol. The molecular formula is C44H31N3. The zero-order valence-corrected chi connectivity index (χ0v) is 26.5. The first-order valence-electron chi connectivity index (χ1n) is 16.4. The van der Waals surface area contributed by atoms with E-state index in [1.807, 2.05) is 0 Å². The Balaban J connectivity index is 1.15. The average Bonchev–Trinajstić information content (AvgIpc) is 3.63. The molecule has 0 saturated heterocycles. The monoisotopic (exact) mass is 601 g/mol. The number of fused-ring (bicyclic) bond motifs is 12. The van der Waals surface area contributed by atoms with Crippen molar-refractivity contribution in [2.75, 3.05) is 0 Å². The minimum absolute atomic E-state index is 0.191. The van der Waals surface area contributed by atoms with Crippen molar-refractivity contribution in [3.05, 3.63) is 139 Å². The van der Waals surface area contributed by atoms with E-state index in [2.05, 4.69) is 159 Å².